The fourth-order valence-electron chi connectivity index (χ4n) is 4.02. The third-order valence-corrected chi connectivity index (χ3v) is 7.37. The van der Waals surface area contributed by atoms with E-state index in [2.05, 4.69) is 10.0 Å². The monoisotopic (exact) mass is 462 g/mol. The number of nitrogens with one attached hydrogen (secondary N) is 2. The predicted molar refractivity (Wildman–Crippen MR) is 123 cm³/mol. The van der Waals surface area contributed by atoms with Gasteiger partial charge in [0.05, 0.1) is 25.2 Å². The SMILES string of the molecule is COc1cc(C)c(S(=O)NC2CCC(C(=O)N[C@H](C)c3ccc(F)cc3)CC2)cc1OC. The van der Waals surface area contributed by atoms with Crippen LogP contribution in [0.5, 0.6) is 11.5 Å². The van der Waals surface area contributed by atoms with Crippen LogP contribution in [0.3, 0.4) is 0 Å². The summed E-state index contributed by atoms with van der Waals surface area (Å²) in [7, 11) is 1.73. The smallest absolute Gasteiger partial charge is 0.223 e. The summed E-state index contributed by atoms with van der Waals surface area (Å²) in [6.45, 7) is 3.79. The first-order chi connectivity index (χ1) is 15.3. The standard InChI is InChI=1S/C24H31FN2O4S/c1-15-13-21(30-3)22(31-4)14-23(15)32(29)27-20-11-7-18(8-12-20)24(28)26-16(2)17-5-9-19(25)10-6-17/h5-6,9-10,13-14,16,18,20,27H,7-8,11-12H2,1-4H3,(H,26,28)/t16-,18?,20?,32?/m1/s1. The molecule has 0 radical (unpaired) electrons. The topological polar surface area (TPSA) is 76.7 Å². The van der Waals surface area contributed by atoms with Crippen molar-refractivity contribution in [1.29, 1.82) is 0 Å². The van der Waals surface area contributed by atoms with Crippen LogP contribution >= 0.6 is 0 Å². The van der Waals surface area contributed by atoms with Gasteiger partial charge in [-0.05, 0) is 68.9 Å². The number of hydrogen-bond donors (Lipinski definition) is 2. The highest BCUT2D eigenvalue weighted by Crippen LogP contribution is 2.32. The van der Waals surface area contributed by atoms with Gasteiger partial charge in [-0.15, -0.1) is 0 Å². The highest BCUT2D eigenvalue weighted by Gasteiger charge is 2.28. The van der Waals surface area contributed by atoms with E-state index in [1.54, 1.807) is 32.4 Å². The lowest BCUT2D eigenvalue weighted by Gasteiger charge is -2.29. The van der Waals surface area contributed by atoms with Crippen molar-refractivity contribution in [3.05, 3.63) is 53.3 Å². The van der Waals surface area contributed by atoms with Crippen LogP contribution in [0.2, 0.25) is 0 Å². The van der Waals surface area contributed by atoms with Crippen molar-refractivity contribution >= 4 is 16.9 Å². The molecule has 1 unspecified atom stereocenters. The zero-order valence-electron chi connectivity index (χ0n) is 18.9. The van der Waals surface area contributed by atoms with E-state index in [9.17, 15) is 13.4 Å². The molecule has 0 aliphatic heterocycles. The summed E-state index contributed by atoms with van der Waals surface area (Å²) in [5.41, 5.74) is 1.73. The average molecular weight is 463 g/mol. The number of amides is 1. The number of carbonyl (C=O) groups is 1. The lowest BCUT2D eigenvalue weighted by Crippen LogP contribution is -2.39. The summed E-state index contributed by atoms with van der Waals surface area (Å²) in [6.07, 6.45) is 2.98. The Balaban J connectivity index is 1.53. The van der Waals surface area contributed by atoms with E-state index in [1.165, 1.54) is 12.1 Å². The van der Waals surface area contributed by atoms with Crippen LogP contribution < -0.4 is 19.5 Å². The highest BCUT2D eigenvalue weighted by molar-refractivity contribution is 7.83. The lowest BCUT2D eigenvalue weighted by atomic mass is 9.85. The summed E-state index contributed by atoms with van der Waals surface area (Å²) in [4.78, 5) is 13.3. The maximum absolute atomic E-state index is 13.1. The predicted octanol–water partition coefficient (Wildman–Crippen LogP) is 4.20. The van der Waals surface area contributed by atoms with Gasteiger partial charge in [0.15, 0.2) is 11.5 Å². The Morgan fingerprint density at radius 1 is 1.06 bits per heavy atom. The Morgan fingerprint density at radius 3 is 2.25 bits per heavy atom. The van der Waals surface area contributed by atoms with E-state index in [0.29, 0.717) is 16.4 Å². The molecule has 0 aromatic heterocycles. The maximum Gasteiger partial charge on any atom is 0.223 e. The Hall–Kier alpha value is -2.45. The largest absolute Gasteiger partial charge is 0.493 e. The summed E-state index contributed by atoms with van der Waals surface area (Å²) >= 11 is 0. The Labute approximate surface area is 191 Å². The second kappa shape index (κ2) is 10.9. The lowest BCUT2D eigenvalue weighted by molar-refractivity contribution is -0.126. The number of methoxy groups -OCH3 is 2. The van der Waals surface area contributed by atoms with E-state index in [0.717, 1.165) is 36.8 Å². The van der Waals surface area contributed by atoms with E-state index < -0.39 is 11.0 Å². The quantitative estimate of drug-likeness (QED) is 0.617. The van der Waals surface area contributed by atoms with Crippen molar-refractivity contribution in [2.45, 2.75) is 56.5 Å². The fourth-order valence-corrected chi connectivity index (χ4v) is 5.25. The number of carbonyl (C=O) groups excluding carboxylic acids is 1. The summed E-state index contributed by atoms with van der Waals surface area (Å²) in [5.74, 6) is 0.786. The van der Waals surface area contributed by atoms with Crippen molar-refractivity contribution in [2.24, 2.45) is 5.92 Å². The molecule has 0 saturated heterocycles. The first-order valence-corrected chi connectivity index (χ1v) is 11.9. The molecule has 2 atom stereocenters. The first-order valence-electron chi connectivity index (χ1n) is 10.8. The number of aryl methyl sites for hydroxylation is 1. The normalized spacial score (nSPS) is 20.3. The van der Waals surface area contributed by atoms with E-state index >= 15 is 0 Å². The molecule has 32 heavy (non-hydrogen) atoms. The van der Waals surface area contributed by atoms with Gasteiger partial charge < -0.3 is 14.8 Å². The van der Waals surface area contributed by atoms with Gasteiger partial charge in [-0.3, -0.25) is 4.79 Å². The van der Waals surface area contributed by atoms with E-state index in [1.807, 2.05) is 19.9 Å². The zero-order valence-corrected chi connectivity index (χ0v) is 19.8. The minimum Gasteiger partial charge on any atom is -0.493 e. The van der Waals surface area contributed by atoms with Crippen LogP contribution in [0.15, 0.2) is 41.3 Å². The van der Waals surface area contributed by atoms with Crippen molar-refractivity contribution < 1.29 is 22.9 Å². The van der Waals surface area contributed by atoms with Crippen LogP contribution in [-0.4, -0.2) is 30.4 Å². The number of halogens is 1. The number of benzene rings is 2. The van der Waals surface area contributed by atoms with Crippen molar-refractivity contribution in [1.82, 2.24) is 10.0 Å². The molecule has 2 N–H and O–H groups in total. The van der Waals surface area contributed by atoms with Crippen molar-refractivity contribution in [3.63, 3.8) is 0 Å². The summed E-state index contributed by atoms with van der Waals surface area (Å²) < 4.78 is 39.9. The van der Waals surface area contributed by atoms with Gasteiger partial charge in [-0.2, -0.15) is 0 Å². The third kappa shape index (κ3) is 5.86. The second-order valence-electron chi connectivity index (χ2n) is 8.19. The zero-order chi connectivity index (χ0) is 23.3. The van der Waals surface area contributed by atoms with Gasteiger partial charge in [0.1, 0.15) is 16.8 Å². The van der Waals surface area contributed by atoms with Gasteiger partial charge in [0, 0.05) is 18.0 Å². The maximum atomic E-state index is 13.1. The van der Waals surface area contributed by atoms with Crippen LogP contribution in [0, 0.1) is 18.7 Å². The molecule has 0 bridgehead atoms. The van der Waals surface area contributed by atoms with Gasteiger partial charge in [0.2, 0.25) is 5.91 Å². The number of rotatable bonds is 8. The minimum atomic E-state index is -1.39. The van der Waals surface area contributed by atoms with Gasteiger partial charge in [-0.1, -0.05) is 12.1 Å². The van der Waals surface area contributed by atoms with Gasteiger partial charge >= 0.3 is 0 Å². The molecule has 1 saturated carbocycles. The summed E-state index contributed by atoms with van der Waals surface area (Å²) in [5, 5.41) is 3.03. The first kappa shape index (κ1) is 24.2. The second-order valence-corrected chi connectivity index (χ2v) is 9.40. The van der Waals surface area contributed by atoms with Crippen molar-refractivity contribution in [2.75, 3.05) is 14.2 Å². The van der Waals surface area contributed by atoms with Gasteiger partial charge in [0.25, 0.3) is 0 Å². The molecule has 0 spiro atoms. The Morgan fingerprint density at radius 2 is 1.66 bits per heavy atom. The minimum absolute atomic E-state index is 0.0112. The number of hydrogen-bond acceptors (Lipinski definition) is 4. The molecule has 1 fully saturated rings. The average Bonchev–Trinajstić information content (AvgIpc) is 2.79. The number of ether oxygens (including phenoxy) is 2. The van der Waals surface area contributed by atoms with Crippen LogP contribution in [0.25, 0.3) is 0 Å². The third-order valence-electron chi connectivity index (χ3n) is 5.98. The molecule has 8 heteroatoms. The Kier molecular flexibility index (Phi) is 8.26. The molecule has 2 aromatic rings. The van der Waals surface area contributed by atoms with Gasteiger partial charge in [-0.25, -0.2) is 13.3 Å². The van der Waals surface area contributed by atoms with Crippen LogP contribution in [0.1, 0.15) is 49.8 Å². The molecule has 1 aliphatic carbocycles. The van der Waals surface area contributed by atoms with E-state index in [-0.39, 0.29) is 29.7 Å². The molecule has 3 rings (SSSR count). The highest BCUT2D eigenvalue weighted by atomic mass is 32.2. The molecule has 1 amide bonds. The van der Waals surface area contributed by atoms with Crippen LogP contribution in [0.4, 0.5) is 4.39 Å². The molecule has 2 aromatic carbocycles. The molecular formula is C24H31FN2O4S. The van der Waals surface area contributed by atoms with Crippen LogP contribution in [-0.2, 0) is 15.8 Å². The molecule has 0 heterocycles. The Bertz CT molecular complexity index is 959. The molecular weight excluding hydrogens is 431 g/mol. The fraction of sp³-hybridized carbons (Fsp3) is 0.458. The van der Waals surface area contributed by atoms with E-state index in [4.69, 9.17) is 9.47 Å². The molecule has 1 aliphatic rings. The summed E-state index contributed by atoms with van der Waals surface area (Å²) in [6, 6.07) is 9.62. The van der Waals surface area contributed by atoms with Crippen molar-refractivity contribution in [3.8, 4) is 11.5 Å². The molecule has 6 nitrogen and oxygen atoms in total. The molecule has 174 valence electrons.